The largest absolute Gasteiger partial charge is 0.491 e. The predicted octanol–water partition coefficient (Wildman–Crippen LogP) is 12.0. The zero-order valence-electron chi connectivity index (χ0n) is 32.6. The van der Waals surface area contributed by atoms with Crippen molar-refractivity contribution in [3.8, 4) is 5.75 Å². The van der Waals surface area contributed by atoms with E-state index < -0.39 is 6.04 Å². The third-order valence-corrected chi connectivity index (χ3v) is 10.3. The number of fused-ring (bicyclic) bond motifs is 1. The van der Waals surface area contributed by atoms with Crippen LogP contribution >= 0.6 is 0 Å². The lowest BCUT2D eigenvalue weighted by atomic mass is 9.97. The van der Waals surface area contributed by atoms with E-state index in [1.54, 1.807) is 0 Å². The minimum Gasteiger partial charge on any atom is -0.491 e. The number of carbonyl (C=O) groups is 2. The van der Waals surface area contributed by atoms with E-state index in [4.69, 9.17) is 4.74 Å². The Morgan fingerprint density at radius 1 is 0.660 bits per heavy atom. The molecule has 2 rings (SSSR count). The van der Waals surface area contributed by atoms with Crippen molar-refractivity contribution >= 4 is 22.7 Å². The average molecular weight is 694 g/mol. The van der Waals surface area contributed by atoms with E-state index in [1.165, 1.54) is 116 Å². The molecule has 0 saturated carbocycles. The first-order valence-corrected chi connectivity index (χ1v) is 21.1. The molecule has 0 saturated heterocycles. The summed E-state index contributed by atoms with van der Waals surface area (Å²) in [6, 6.07) is 9.66. The Kier molecular flexibility index (Phi) is 26.2. The number of hydrogen-bond acceptors (Lipinski definition) is 4. The number of rotatable bonds is 33. The maximum atomic E-state index is 13.0. The molecular weight excluding hydrogens is 619 g/mol. The molecule has 0 aliphatic carbocycles. The van der Waals surface area contributed by atoms with Crippen LogP contribution < -0.4 is 15.4 Å². The molecule has 1 aromatic carbocycles. The van der Waals surface area contributed by atoms with Crippen molar-refractivity contribution in [2.45, 2.75) is 194 Å². The molecule has 1 aromatic heterocycles. The quantitative estimate of drug-likeness (QED) is 0.0729. The Balaban J connectivity index is 1.41. The van der Waals surface area contributed by atoms with Gasteiger partial charge in [-0.25, -0.2) is 0 Å². The second-order valence-corrected chi connectivity index (χ2v) is 14.8. The molecule has 0 fully saturated rings. The number of amides is 2. The lowest BCUT2D eigenvalue weighted by Gasteiger charge is -2.23. The van der Waals surface area contributed by atoms with Gasteiger partial charge in [-0.1, -0.05) is 180 Å². The number of ether oxygens (including phenoxy) is 1. The molecule has 1 heterocycles. The summed E-state index contributed by atoms with van der Waals surface area (Å²) in [4.78, 5) is 30.1. The summed E-state index contributed by atoms with van der Waals surface area (Å²) < 4.78 is 6.00. The monoisotopic (exact) mass is 694 g/mol. The van der Waals surface area contributed by atoms with E-state index in [2.05, 4.69) is 48.5 Å². The van der Waals surface area contributed by atoms with Crippen molar-refractivity contribution in [1.82, 2.24) is 15.6 Å². The van der Waals surface area contributed by atoms with Gasteiger partial charge in [0.15, 0.2) is 0 Å². The second kappa shape index (κ2) is 30.0. The number of hydrogen-bond donors (Lipinski definition) is 2. The van der Waals surface area contributed by atoms with Crippen LogP contribution in [0.5, 0.6) is 5.75 Å². The Bertz CT molecular complexity index is 1120. The number of unbranched alkanes of at least 4 members (excludes halogenated alkanes) is 22. The highest BCUT2D eigenvalue weighted by Crippen LogP contribution is 2.23. The SMILES string of the molecule is CCCCCCCCCCCCCCCCCCNC(=O)[C@@H](NC(=O)CCCCCCCCCCOc1cccc2cccnc12)[C@@H](C)CC. The van der Waals surface area contributed by atoms with E-state index in [0.29, 0.717) is 13.0 Å². The number of carbonyl (C=O) groups excluding carboxylic acids is 2. The van der Waals surface area contributed by atoms with Crippen molar-refractivity contribution in [2.75, 3.05) is 13.2 Å². The summed E-state index contributed by atoms with van der Waals surface area (Å²) >= 11 is 0. The maximum Gasteiger partial charge on any atom is 0.242 e. The highest BCUT2D eigenvalue weighted by Gasteiger charge is 2.25. The Morgan fingerprint density at radius 3 is 1.76 bits per heavy atom. The highest BCUT2D eigenvalue weighted by molar-refractivity contribution is 5.87. The van der Waals surface area contributed by atoms with Crippen LogP contribution in [0.4, 0.5) is 0 Å². The molecule has 6 nitrogen and oxygen atoms in total. The summed E-state index contributed by atoms with van der Waals surface area (Å²) in [5, 5.41) is 7.28. The Morgan fingerprint density at radius 2 is 1.18 bits per heavy atom. The summed E-state index contributed by atoms with van der Waals surface area (Å²) in [5.41, 5.74) is 0.933. The third kappa shape index (κ3) is 20.9. The van der Waals surface area contributed by atoms with E-state index in [9.17, 15) is 9.59 Å². The van der Waals surface area contributed by atoms with Gasteiger partial charge in [-0.2, -0.15) is 0 Å². The number of nitrogens with zero attached hydrogens (tertiary/aromatic N) is 1. The molecule has 284 valence electrons. The molecule has 0 spiro atoms. The fraction of sp³-hybridized carbons (Fsp3) is 0.750. The van der Waals surface area contributed by atoms with Gasteiger partial charge in [0.05, 0.1) is 6.61 Å². The van der Waals surface area contributed by atoms with Gasteiger partial charge in [-0.15, -0.1) is 0 Å². The van der Waals surface area contributed by atoms with Crippen molar-refractivity contribution in [1.29, 1.82) is 0 Å². The van der Waals surface area contributed by atoms with Gasteiger partial charge < -0.3 is 15.4 Å². The van der Waals surface area contributed by atoms with Crippen molar-refractivity contribution in [3.63, 3.8) is 0 Å². The molecule has 2 amide bonds. The van der Waals surface area contributed by atoms with Gasteiger partial charge in [0.25, 0.3) is 0 Å². The predicted molar refractivity (Wildman–Crippen MR) is 213 cm³/mol. The van der Waals surface area contributed by atoms with Crippen LogP contribution in [-0.4, -0.2) is 36.0 Å². The Labute approximate surface area is 307 Å². The van der Waals surface area contributed by atoms with Gasteiger partial charge in [0.1, 0.15) is 17.3 Å². The molecule has 6 heteroatoms. The normalized spacial score (nSPS) is 12.5. The zero-order valence-corrected chi connectivity index (χ0v) is 32.6. The van der Waals surface area contributed by atoms with Crippen LogP contribution in [0.15, 0.2) is 36.5 Å². The molecule has 0 radical (unpaired) electrons. The van der Waals surface area contributed by atoms with E-state index in [1.807, 2.05) is 24.4 Å². The lowest BCUT2D eigenvalue weighted by molar-refractivity contribution is -0.130. The molecule has 50 heavy (non-hydrogen) atoms. The van der Waals surface area contributed by atoms with Gasteiger partial charge in [0.2, 0.25) is 11.8 Å². The van der Waals surface area contributed by atoms with Crippen LogP contribution in [0.2, 0.25) is 0 Å². The Hall–Kier alpha value is -2.63. The van der Waals surface area contributed by atoms with E-state index in [-0.39, 0.29) is 17.7 Å². The minimum absolute atomic E-state index is 0.00857. The molecule has 2 N–H and O–H groups in total. The van der Waals surface area contributed by atoms with Crippen molar-refractivity contribution in [2.24, 2.45) is 5.92 Å². The molecule has 0 unspecified atom stereocenters. The smallest absolute Gasteiger partial charge is 0.242 e. The van der Waals surface area contributed by atoms with E-state index in [0.717, 1.165) is 68.2 Å². The minimum atomic E-state index is -0.436. The van der Waals surface area contributed by atoms with Gasteiger partial charge >= 0.3 is 0 Å². The molecule has 0 bridgehead atoms. The van der Waals surface area contributed by atoms with Crippen LogP contribution in [0.25, 0.3) is 10.9 Å². The maximum absolute atomic E-state index is 13.0. The fourth-order valence-electron chi connectivity index (χ4n) is 6.77. The highest BCUT2D eigenvalue weighted by atomic mass is 16.5. The first kappa shape index (κ1) is 43.5. The topological polar surface area (TPSA) is 80.3 Å². The summed E-state index contributed by atoms with van der Waals surface area (Å²) in [6.07, 6.45) is 33.6. The van der Waals surface area contributed by atoms with Gasteiger partial charge in [-0.3, -0.25) is 14.6 Å². The molecule has 0 aliphatic rings. The molecule has 2 atom stereocenters. The summed E-state index contributed by atoms with van der Waals surface area (Å²) in [5.74, 6) is 0.981. The van der Waals surface area contributed by atoms with Gasteiger partial charge in [0, 0.05) is 24.5 Å². The van der Waals surface area contributed by atoms with Crippen LogP contribution in [0.1, 0.15) is 188 Å². The number of benzene rings is 1. The molecule has 0 aliphatic heterocycles. The number of nitrogens with one attached hydrogen (secondary N) is 2. The van der Waals surface area contributed by atoms with Crippen LogP contribution in [0.3, 0.4) is 0 Å². The summed E-state index contributed by atoms with van der Waals surface area (Å²) in [7, 11) is 0. The van der Waals surface area contributed by atoms with Crippen LogP contribution in [-0.2, 0) is 9.59 Å². The zero-order chi connectivity index (χ0) is 35.9. The van der Waals surface area contributed by atoms with Crippen LogP contribution in [0, 0.1) is 5.92 Å². The fourth-order valence-corrected chi connectivity index (χ4v) is 6.77. The third-order valence-electron chi connectivity index (χ3n) is 10.3. The van der Waals surface area contributed by atoms with Crippen molar-refractivity contribution in [3.05, 3.63) is 36.5 Å². The number of para-hydroxylation sites is 1. The first-order valence-electron chi connectivity index (χ1n) is 21.1. The number of pyridine rings is 1. The summed E-state index contributed by atoms with van der Waals surface area (Å²) in [6.45, 7) is 7.86. The lowest BCUT2D eigenvalue weighted by Crippen LogP contribution is -2.50. The van der Waals surface area contributed by atoms with Crippen molar-refractivity contribution < 1.29 is 14.3 Å². The van der Waals surface area contributed by atoms with Gasteiger partial charge in [-0.05, 0) is 37.3 Å². The first-order chi connectivity index (χ1) is 24.6. The molecular formula is C44H75N3O3. The number of aromatic nitrogens is 1. The average Bonchev–Trinajstić information content (AvgIpc) is 3.13. The molecule has 2 aromatic rings. The second-order valence-electron chi connectivity index (χ2n) is 14.8. The standard InChI is InChI=1S/C44H75N3O3/c1-4-6-7-8-9-10-11-12-13-14-15-16-18-21-24-27-35-46-44(49)42(38(3)5-2)47-41(48)34-26-23-20-17-19-22-25-28-37-50-40-33-29-31-39-32-30-36-45-43(39)40/h29-33,36,38,42H,4-28,34-35,37H2,1-3H3,(H,46,49)(H,47,48)/t38-,42-/m0/s1. The van der Waals surface area contributed by atoms with E-state index >= 15 is 0 Å².